The lowest BCUT2D eigenvalue weighted by Gasteiger charge is -2.27. The first-order valence-electron chi connectivity index (χ1n) is 6.69. The van der Waals surface area contributed by atoms with Crippen molar-refractivity contribution in [2.45, 2.75) is 32.6 Å². The summed E-state index contributed by atoms with van der Waals surface area (Å²) in [5.41, 5.74) is 0.870. The number of methoxy groups -OCH3 is 1. The predicted octanol–water partition coefficient (Wildman–Crippen LogP) is 1.31. The average Bonchev–Trinajstić information content (AvgIpc) is 2.69. The monoisotopic (exact) mass is 285 g/mol. The molecule has 1 aliphatic rings. The first-order valence-corrected chi connectivity index (χ1v) is 7.51. The van der Waals surface area contributed by atoms with Crippen LogP contribution in [0.5, 0.6) is 0 Å². The van der Waals surface area contributed by atoms with Crippen molar-refractivity contribution in [1.82, 2.24) is 9.88 Å². The zero-order chi connectivity index (χ0) is 13.8. The van der Waals surface area contributed by atoms with Crippen LogP contribution in [0.2, 0.25) is 0 Å². The van der Waals surface area contributed by atoms with Crippen LogP contribution < -0.4 is 4.90 Å². The Labute approximate surface area is 118 Å². The van der Waals surface area contributed by atoms with Crippen molar-refractivity contribution in [3.8, 4) is 0 Å². The van der Waals surface area contributed by atoms with Gasteiger partial charge in [-0.15, -0.1) is 0 Å². The summed E-state index contributed by atoms with van der Waals surface area (Å²) < 4.78 is 5.15. The van der Waals surface area contributed by atoms with Crippen LogP contribution in [0.3, 0.4) is 0 Å². The second-order valence-corrected chi connectivity index (χ2v) is 6.18. The van der Waals surface area contributed by atoms with E-state index in [1.54, 1.807) is 18.4 Å². The molecule has 2 heterocycles. The van der Waals surface area contributed by atoms with Crippen molar-refractivity contribution in [3.63, 3.8) is 0 Å². The smallest absolute Gasteiger partial charge is 0.186 e. The van der Waals surface area contributed by atoms with Gasteiger partial charge in [0.2, 0.25) is 0 Å². The van der Waals surface area contributed by atoms with Crippen molar-refractivity contribution < 1.29 is 9.84 Å². The van der Waals surface area contributed by atoms with Gasteiger partial charge in [0.25, 0.3) is 0 Å². The molecule has 2 rings (SSSR count). The number of likely N-dealkylation sites (N-methyl/N-ethyl adjacent to an activating group) is 1. The number of aromatic nitrogens is 1. The Bertz CT molecular complexity index is 411. The molecule has 1 aliphatic heterocycles. The van der Waals surface area contributed by atoms with Gasteiger partial charge in [0.05, 0.1) is 23.8 Å². The van der Waals surface area contributed by atoms with Gasteiger partial charge in [-0.25, -0.2) is 4.98 Å². The third kappa shape index (κ3) is 3.45. The minimum atomic E-state index is 0.0402. The van der Waals surface area contributed by atoms with Crippen LogP contribution in [-0.2, 0) is 18.0 Å². The molecule has 0 bridgehead atoms. The van der Waals surface area contributed by atoms with E-state index in [1.807, 2.05) is 0 Å². The van der Waals surface area contributed by atoms with Gasteiger partial charge >= 0.3 is 0 Å². The quantitative estimate of drug-likeness (QED) is 0.904. The summed E-state index contributed by atoms with van der Waals surface area (Å²) in [7, 11) is 3.82. The highest BCUT2D eigenvalue weighted by Gasteiger charge is 2.23. The standard InChI is InChI=1S/C13H23N3O2S/c1-10-7-15(2)5-4-6-16(10)13-14-11(9-18-3)12(8-17)19-13/h10,17H,4-9H2,1-3H3. The minimum Gasteiger partial charge on any atom is -0.391 e. The molecule has 0 saturated carbocycles. The molecule has 1 aromatic rings. The molecule has 0 aliphatic carbocycles. The van der Waals surface area contributed by atoms with Gasteiger partial charge in [0.1, 0.15) is 0 Å². The van der Waals surface area contributed by atoms with Gasteiger partial charge in [0.15, 0.2) is 5.13 Å². The van der Waals surface area contributed by atoms with E-state index in [-0.39, 0.29) is 6.61 Å². The topological polar surface area (TPSA) is 48.8 Å². The Morgan fingerprint density at radius 2 is 2.26 bits per heavy atom. The zero-order valence-corrected chi connectivity index (χ0v) is 12.7. The normalized spacial score (nSPS) is 21.7. The van der Waals surface area contributed by atoms with E-state index in [9.17, 15) is 5.11 Å². The highest BCUT2D eigenvalue weighted by Crippen LogP contribution is 2.29. The van der Waals surface area contributed by atoms with Crippen LogP contribution in [0.4, 0.5) is 5.13 Å². The van der Waals surface area contributed by atoms with Crippen LogP contribution in [0.15, 0.2) is 0 Å². The van der Waals surface area contributed by atoms with Gasteiger partial charge in [-0.05, 0) is 26.9 Å². The summed E-state index contributed by atoms with van der Waals surface area (Å²) in [4.78, 5) is 10.3. The highest BCUT2D eigenvalue weighted by atomic mass is 32.1. The summed E-state index contributed by atoms with van der Waals surface area (Å²) in [6.45, 7) is 5.94. The Hall–Kier alpha value is -0.690. The molecule has 1 saturated heterocycles. The second-order valence-electron chi connectivity index (χ2n) is 5.12. The molecule has 6 heteroatoms. The van der Waals surface area contributed by atoms with Crippen LogP contribution in [0.1, 0.15) is 23.9 Å². The number of hydrogen-bond donors (Lipinski definition) is 1. The number of ether oxygens (including phenoxy) is 1. The van der Waals surface area contributed by atoms with E-state index in [0.717, 1.165) is 41.8 Å². The lowest BCUT2D eigenvalue weighted by Crippen LogP contribution is -2.37. The summed E-state index contributed by atoms with van der Waals surface area (Å²) in [6, 6.07) is 0.445. The molecule has 19 heavy (non-hydrogen) atoms. The minimum absolute atomic E-state index is 0.0402. The number of anilines is 1. The maximum atomic E-state index is 9.41. The largest absolute Gasteiger partial charge is 0.391 e. The molecule has 0 aromatic carbocycles. The van der Waals surface area contributed by atoms with Crippen LogP contribution >= 0.6 is 11.3 Å². The van der Waals surface area contributed by atoms with Crippen LogP contribution in [0.25, 0.3) is 0 Å². The van der Waals surface area contributed by atoms with Gasteiger partial charge in [0, 0.05) is 26.2 Å². The van der Waals surface area contributed by atoms with Gasteiger partial charge in [-0.3, -0.25) is 0 Å². The molecule has 1 aromatic heterocycles. The summed E-state index contributed by atoms with van der Waals surface area (Å²) in [5, 5.41) is 10.4. The lowest BCUT2D eigenvalue weighted by molar-refractivity contribution is 0.179. The van der Waals surface area contributed by atoms with Crippen molar-refractivity contribution >= 4 is 16.5 Å². The molecule has 0 amide bonds. The maximum absolute atomic E-state index is 9.41. The fourth-order valence-corrected chi connectivity index (χ4v) is 3.57. The fourth-order valence-electron chi connectivity index (χ4n) is 2.52. The molecule has 5 nitrogen and oxygen atoms in total. The fraction of sp³-hybridized carbons (Fsp3) is 0.769. The van der Waals surface area contributed by atoms with E-state index < -0.39 is 0 Å². The molecule has 1 N–H and O–H groups in total. The van der Waals surface area contributed by atoms with Crippen molar-refractivity contribution in [3.05, 3.63) is 10.6 Å². The maximum Gasteiger partial charge on any atom is 0.186 e. The number of nitrogens with zero attached hydrogens (tertiary/aromatic N) is 3. The van der Waals surface area contributed by atoms with Gasteiger partial charge in [-0.1, -0.05) is 11.3 Å². The summed E-state index contributed by atoms with van der Waals surface area (Å²) in [5.74, 6) is 0. The zero-order valence-electron chi connectivity index (χ0n) is 11.9. The Balaban J connectivity index is 2.19. The third-order valence-corrected chi connectivity index (χ3v) is 4.60. The Morgan fingerprint density at radius 1 is 1.47 bits per heavy atom. The molecule has 1 atom stereocenters. The molecular formula is C13H23N3O2S. The number of hydrogen-bond acceptors (Lipinski definition) is 6. The second kappa shape index (κ2) is 6.65. The third-order valence-electron chi connectivity index (χ3n) is 3.48. The SMILES string of the molecule is COCc1nc(N2CCCN(C)CC2C)sc1CO. The van der Waals surface area contributed by atoms with E-state index in [0.29, 0.717) is 12.6 Å². The highest BCUT2D eigenvalue weighted by molar-refractivity contribution is 7.15. The van der Waals surface area contributed by atoms with Crippen LogP contribution in [-0.4, -0.2) is 54.8 Å². The van der Waals surface area contributed by atoms with E-state index >= 15 is 0 Å². The van der Waals surface area contributed by atoms with E-state index in [4.69, 9.17) is 4.74 Å². The Morgan fingerprint density at radius 3 is 2.95 bits per heavy atom. The number of thiazole rings is 1. The summed E-state index contributed by atoms with van der Waals surface area (Å²) in [6.07, 6.45) is 1.15. The van der Waals surface area contributed by atoms with E-state index in [1.165, 1.54) is 0 Å². The average molecular weight is 285 g/mol. The summed E-state index contributed by atoms with van der Waals surface area (Å²) >= 11 is 1.59. The van der Waals surface area contributed by atoms with Crippen molar-refractivity contribution in [1.29, 1.82) is 0 Å². The Kier molecular flexibility index (Phi) is 5.15. The van der Waals surface area contributed by atoms with Crippen LogP contribution in [0, 0.1) is 0 Å². The van der Waals surface area contributed by atoms with Crippen molar-refractivity contribution in [2.24, 2.45) is 0 Å². The lowest BCUT2D eigenvalue weighted by atomic mass is 10.3. The molecule has 1 fully saturated rings. The van der Waals surface area contributed by atoms with Gasteiger partial charge in [-0.2, -0.15) is 0 Å². The number of aliphatic hydroxyl groups excluding tert-OH is 1. The number of aliphatic hydroxyl groups is 1. The molecule has 0 spiro atoms. The molecule has 1 unspecified atom stereocenters. The predicted molar refractivity (Wildman–Crippen MR) is 77.7 cm³/mol. The van der Waals surface area contributed by atoms with E-state index in [2.05, 4.69) is 28.8 Å². The molecular weight excluding hydrogens is 262 g/mol. The molecule has 0 radical (unpaired) electrons. The molecule has 108 valence electrons. The van der Waals surface area contributed by atoms with Crippen molar-refractivity contribution in [2.75, 3.05) is 38.7 Å². The first-order chi connectivity index (χ1) is 9.15. The number of rotatable bonds is 4. The first kappa shape index (κ1) is 14.7. The van der Waals surface area contributed by atoms with Gasteiger partial charge < -0.3 is 19.6 Å².